The predicted octanol–water partition coefficient (Wildman–Crippen LogP) is 4.49. The van der Waals surface area contributed by atoms with Crippen LogP contribution in [-0.4, -0.2) is 27.2 Å². The van der Waals surface area contributed by atoms with Gasteiger partial charge in [-0.25, -0.2) is 0 Å². The molecule has 2 aromatic carbocycles. The lowest BCUT2D eigenvalue weighted by Gasteiger charge is -2.14. The first-order valence-electron chi connectivity index (χ1n) is 8.38. The van der Waals surface area contributed by atoms with Gasteiger partial charge in [0.1, 0.15) is 0 Å². The number of anilines is 1. The molecule has 0 aliphatic rings. The van der Waals surface area contributed by atoms with E-state index in [-0.39, 0.29) is 5.91 Å². The molecule has 0 unspecified atom stereocenters. The molecule has 0 aliphatic carbocycles. The van der Waals surface area contributed by atoms with Crippen molar-refractivity contribution in [2.24, 2.45) is 0 Å². The first kappa shape index (κ1) is 19.4. The Morgan fingerprint density at radius 1 is 0.923 bits per heavy atom. The Hall–Kier alpha value is -2.95. The van der Waals surface area contributed by atoms with Gasteiger partial charge >= 0.3 is 0 Å². The molecule has 0 radical (unpaired) electrons. The van der Waals surface area contributed by atoms with Crippen LogP contribution in [0.1, 0.15) is 30.9 Å². The maximum Gasteiger partial charge on any atom is 0.248 e. The van der Waals surface area contributed by atoms with Gasteiger partial charge < -0.3 is 19.5 Å². The number of hydrogen-bond donors (Lipinski definition) is 1. The van der Waals surface area contributed by atoms with E-state index < -0.39 is 0 Å². The number of rotatable bonds is 7. The van der Waals surface area contributed by atoms with Crippen molar-refractivity contribution < 1.29 is 19.0 Å². The van der Waals surface area contributed by atoms with E-state index >= 15 is 0 Å². The first-order valence-corrected chi connectivity index (χ1v) is 8.38. The third-order valence-corrected chi connectivity index (χ3v) is 3.99. The average molecular weight is 355 g/mol. The lowest BCUT2D eigenvalue weighted by Crippen LogP contribution is -2.07. The molecule has 0 aliphatic heterocycles. The minimum absolute atomic E-state index is 0.223. The number of ether oxygens (including phenoxy) is 3. The Bertz CT molecular complexity index is 779. The number of amides is 1. The normalized spacial score (nSPS) is 10.8. The van der Waals surface area contributed by atoms with Gasteiger partial charge in [-0.1, -0.05) is 26.0 Å². The number of carbonyl (C=O) groups is 1. The zero-order chi connectivity index (χ0) is 19.1. The highest BCUT2D eigenvalue weighted by molar-refractivity contribution is 6.02. The van der Waals surface area contributed by atoms with E-state index in [1.807, 2.05) is 24.3 Å². The van der Waals surface area contributed by atoms with Crippen LogP contribution in [-0.2, 0) is 4.79 Å². The van der Waals surface area contributed by atoms with Crippen LogP contribution in [0.25, 0.3) is 6.08 Å². The minimum atomic E-state index is -0.223. The van der Waals surface area contributed by atoms with Crippen molar-refractivity contribution in [1.82, 2.24) is 0 Å². The molecule has 5 heteroatoms. The van der Waals surface area contributed by atoms with E-state index in [4.69, 9.17) is 14.2 Å². The highest BCUT2D eigenvalue weighted by Crippen LogP contribution is 2.40. The molecule has 2 aromatic rings. The summed E-state index contributed by atoms with van der Waals surface area (Å²) < 4.78 is 16.0. The van der Waals surface area contributed by atoms with Crippen LogP contribution in [0.2, 0.25) is 0 Å². The largest absolute Gasteiger partial charge is 0.493 e. The fraction of sp³-hybridized carbons (Fsp3) is 0.286. The zero-order valence-electron chi connectivity index (χ0n) is 15.8. The zero-order valence-corrected chi connectivity index (χ0v) is 15.8. The summed E-state index contributed by atoms with van der Waals surface area (Å²) in [6, 6.07) is 11.4. The fourth-order valence-electron chi connectivity index (χ4n) is 2.56. The Morgan fingerprint density at radius 3 is 2.12 bits per heavy atom. The fourth-order valence-corrected chi connectivity index (χ4v) is 2.56. The van der Waals surface area contributed by atoms with E-state index in [1.54, 1.807) is 39.5 Å². The van der Waals surface area contributed by atoms with Crippen molar-refractivity contribution in [3.8, 4) is 17.2 Å². The monoisotopic (exact) mass is 355 g/mol. The van der Waals surface area contributed by atoms with Crippen LogP contribution < -0.4 is 19.5 Å². The second-order valence-corrected chi connectivity index (χ2v) is 6.02. The van der Waals surface area contributed by atoms with Crippen LogP contribution in [0.3, 0.4) is 0 Å². The van der Waals surface area contributed by atoms with E-state index in [2.05, 4.69) is 19.2 Å². The molecule has 138 valence electrons. The Labute approximate surface area is 154 Å². The molecular formula is C21H25NO4. The summed E-state index contributed by atoms with van der Waals surface area (Å²) in [5.41, 5.74) is 2.70. The van der Waals surface area contributed by atoms with Gasteiger partial charge in [0.15, 0.2) is 11.5 Å². The molecule has 0 saturated heterocycles. The summed E-state index contributed by atoms with van der Waals surface area (Å²) in [5, 5.41) is 2.84. The van der Waals surface area contributed by atoms with Crippen molar-refractivity contribution >= 4 is 17.7 Å². The number of carbonyl (C=O) groups excluding carboxylic acids is 1. The van der Waals surface area contributed by atoms with Gasteiger partial charge in [0.2, 0.25) is 11.7 Å². The number of hydrogen-bond acceptors (Lipinski definition) is 4. The lowest BCUT2D eigenvalue weighted by atomic mass is 10.0. The molecule has 26 heavy (non-hydrogen) atoms. The third kappa shape index (κ3) is 4.57. The molecule has 0 heterocycles. The standard InChI is InChI=1S/C21H25NO4/c1-14(2)15-6-10-17(11-7-15)22-19(23)13-9-16-8-12-18(24-3)21(26-5)20(16)25-4/h6-14H,1-5H3,(H,22,23). The molecule has 0 spiro atoms. The number of methoxy groups -OCH3 is 3. The third-order valence-electron chi connectivity index (χ3n) is 3.99. The van der Waals surface area contributed by atoms with Gasteiger partial charge in [-0.05, 0) is 41.8 Å². The lowest BCUT2D eigenvalue weighted by molar-refractivity contribution is -0.111. The SMILES string of the molecule is COc1ccc(C=CC(=O)Nc2ccc(C(C)C)cc2)c(OC)c1OC. The highest BCUT2D eigenvalue weighted by atomic mass is 16.5. The van der Waals surface area contributed by atoms with Crippen LogP contribution in [0.5, 0.6) is 17.2 Å². The molecule has 0 fully saturated rings. The summed E-state index contributed by atoms with van der Waals surface area (Å²) in [6.07, 6.45) is 3.14. The highest BCUT2D eigenvalue weighted by Gasteiger charge is 2.14. The molecule has 0 aromatic heterocycles. The second kappa shape index (κ2) is 8.94. The van der Waals surface area contributed by atoms with Crippen LogP contribution in [0.15, 0.2) is 42.5 Å². The molecule has 2 rings (SSSR count). The topological polar surface area (TPSA) is 56.8 Å². The van der Waals surface area contributed by atoms with Crippen LogP contribution in [0.4, 0.5) is 5.69 Å². The Morgan fingerprint density at radius 2 is 1.58 bits per heavy atom. The summed E-state index contributed by atoms with van der Waals surface area (Å²) in [5.74, 6) is 1.80. The predicted molar refractivity (Wildman–Crippen MR) is 104 cm³/mol. The van der Waals surface area contributed by atoms with E-state index in [0.29, 0.717) is 23.2 Å². The van der Waals surface area contributed by atoms with Gasteiger partial charge in [0.25, 0.3) is 0 Å². The molecule has 0 atom stereocenters. The van der Waals surface area contributed by atoms with Crippen LogP contribution >= 0.6 is 0 Å². The smallest absolute Gasteiger partial charge is 0.248 e. The molecule has 1 N–H and O–H groups in total. The Kier molecular flexibility index (Phi) is 6.67. The van der Waals surface area contributed by atoms with Gasteiger partial charge in [-0.2, -0.15) is 0 Å². The minimum Gasteiger partial charge on any atom is -0.493 e. The molecule has 0 saturated carbocycles. The quantitative estimate of drug-likeness (QED) is 0.744. The second-order valence-electron chi connectivity index (χ2n) is 6.02. The van der Waals surface area contributed by atoms with Crippen molar-refractivity contribution in [1.29, 1.82) is 0 Å². The van der Waals surface area contributed by atoms with E-state index in [9.17, 15) is 4.79 Å². The van der Waals surface area contributed by atoms with Gasteiger partial charge in [0.05, 0.1) is 21.3 Å². The average Bonchev–Trinajstić information content (AvgIpc) is 2.65. The summed E-state index contributed by atoms with van der Waals surface area (Å²) in [6.45, 7) is 4.26. The number of nitrogens with one attached hydrogen (secondary N) is 1. The van der Waals surface area contributed by atoms with Gasteiger partial charge in [-0.15, -0.1) is 0 Å². The summed E-state index contributed by atoms with van der Waals surface area (Å²) in [4.78, 5) is 12.2. The van der Waals surface area contributed by atoms with Crippen molar-refractivity contribution in [3.63, 3.8) is 0 Å². The van der Waals surface area contributed by atoms with Crippen LogP contribution in [0, 0.1) is 0 Å². The molecular weight excluding hydrogens is 330 g/mol. The first-order chi connectivity index (χ1) is 12.5. The maximum atomic E-state index is 12.2. The van der Waals surface area contributed by atoms with Crippen molar-refractivity contribution in [3.05, 3.63) is 53.6 Å². The summed E-state index contributed by atoms with van der Waals surface area (Å²) >= 11 is 0. The van der Waals surface area contributed by atoms with E-state index in [0.717, 1.165) is 11.3 Å². The molecule has 5 nitrogen and oxygen atoms in total. The van der Waals surface area contributed by atoms with Gasteiger partial charge in [-0.3, -0.25) is 4.79 Å². The maximum absolute atomic E-state index is 12.2. The van der Waals surface area contributed by atoms with Crippen molar-refractivity contribution in [2.45, 2.75) is 19.8 Å². The molecule has 0 bridgehead atoms. The van der Waals surface area contributed by atoms with Crippen molar-refractivity contribution in [2.75, 3.05) is 26.6 Å². The summed E-state index contributed by atoms with van der Waals surface area (Å²) in [7, 11) is 4.65. The number of benzene rings is 2. The molecule has 1 amide bonds. The van der Waals surface area contributed by atoms with E-state index in [1.165, 1.54) is 11.6 Å². The van der Waals surface area contributed by atoms with Gasteiger partial charge in [0, 0.05) is 17.3 Å². The Balaban J connectivity index is 2.14.